The van der Waals surface area contributed by atoms with Gasteiger partial charge in [0, 0.05) is 18.1 Å². The Morgan fingerprint density at radius 2 is 2.00 bits per heavy atom. The van der Waals surface area contributed by atoms with Gasteiger partial charge in [-0.25, -0.2) is 0 Å². The summed E-state index contributed by atoms with van der Waals surface area (Å²) < 4.78 is 26.5. The number of alkyl halides is 2. The Bertz CT molecular complexity index is 517. The second-order valence-electron chi connectivity index (χ2n) is 4.88. The Morgan fingerprint density at radius 3 is 2.67 bits per heavy atom. The third-order valence-corrected chi connectivity index (χ3v) is 2.93. The van der Waals surface area contributed by atoms with Crippen LogP contribution < -0.4 is 5.32 Å². The molecule has 0 aliphatic carbocycles. The molecule has 1 heterocycles. The Hall–Kier alpha value is -1.42. The van der Waals surface area contributed by atoms with Crippen LogP contribution in [0.4, 0.5) is 8.78 Å². The van der Waals surface area contributed by atoms with Crippen molar-refractivity contribution in [3.05, 3.63) is 36.0 Å². The summed E-state index contributed by atoms with van der Waals surface area (Å²) in [5.41, 5.74) is 1.65. The summed E-state index contributed by atoms with van der Waals surface area (Å²) in [6, 6.07) is 7.29. The molecule has 0 saturated heterocycles. The van der Waals surface area contributed by atoms with E-state index in [4.69, 9.17) is 0 Å². The first-order chi connectivity index (χ1) is 8.59. The van der Waals surface area contributed by atoms with E-state index in [0.29, 0.717) is 18.0 Å². The van der Waals surface area contributed by atoms with Crippen molar-refractivity contribution >= 4 is 10.9 Å². The molecule has 2 rings (SSSR count). The lowest BCUT2D eigenvalue weighted by molar-refractivity contribution is 0.0752. The highest BCUT2D eigenvalue weighted by Crippen LogP contribution is 2.24. The molecule has 2 aromatic rings. The maximum atomic E-state index is 12.8. The van der Waals surface area contributed by atoms with Crippen LogP contribution in [-0.2, 0) is 6.54 Å². The first-order valence-electron chi connectivity index (χ1n) is 6.17. The van der Waals surface area contributed by atoms with Crippen molar-refractivity contribution in [3.8, 4) is 0 Å². The zero-order chi connectivity index (χ0) is 13.1. The molecule has 1 aromatic carbocycles. The maximum Gasteiger partial charge on any atom is 0.319 e. The van der Waals surface area contributed by atoms with Gasteiger partial charge in [-0.2, -0.15) is 8.78 Å². The molecular weight excluding hydrogens is 234 g/mol. The van der Waals surface area contributed by atoms with Crippen LogP contribution in [0.3, 0.4) is 0 Å². The van der Waals surface area contributed by atoms with Crippen LogP contribution in [0.15, 0.2) is 30.5 Å². The molecular formula is C14H18F2N2. The van der Waals surface area contributed by atoms with Gasteiger partial charge in [0.2, 0.25) is 0 Å². The van der Waals surface area contributed by atoms with Gasteiger partial charge in [-0.3, -0.25) is 4.57 Å². The average molecular weight is 252 g/mol. The van der Waals surface area contributed by atoms with Gasteiger partial charge < -0.3 is 5.32 Å². The zero-order valence-corrected chi connectivity index (χ0v) is 10.7. The van der Waals surface area contributed by atoms with Gasteiger partial charge in [-0.15, -0.1) is 0 Å². The first kappa shape index (κ1) is 13.0. The summed E-state index contributed by atoms with van der Waals surface area (Å²) in [7, 11) is 0. The van der Waals surface area contributed by atoms with E-state index in [-0.39, 0.29) is 0 Å². The monoisotopic (exact) mass is 252 g/mol. The van der Waals surface area contributed by atoms with Gasteiger partial charge in [0.05, 0.1) is 5.52 Å². The van der Waals surface area contributed by atoms with E-state index in [1.807, 2.05) is 12.1 Å². The fourth-order valence-corrected chi connectivity index (χ4v) is 2.07. The van der Waals surface area contributed by atoms with Crippen LogP contribution in [0.1, 0.15) is 26.0 Å². The lowest BCUT2D eigenvalue weighted by Gasteiger charge is -2.09. The molecule has 0 radical (unpaired) electrons. The predicted molar refractivity (Wildman–Crippen MR) is 69.7 cm³/mol. The Labute approximate surface area is 106 Å². The molecule has 0 unspecified atom stereocenters. The SMILES string of the molecule is CC(C)CNCc1cccc2c1ccn2C(F)F. The number of benzene rings is 1. The van der Waals surface area contributed by atoms with Crippen molar-refractivity contribution in [2.75, 3.05) is 6.54 Å². The number of nitrogens with zero attached hydrogens (tertiary/aromatic N) is 1. The van der Waals surface area contributed by atoms with Crippen molar-refractivity contribution in [3.63, 3.8) is 0 Å². The van der Waals surface area contributed by atoms with Gasteiger partial charge in [-0.1, -0.05) is 26.0 Å². The number of hydrogen-bond donors (Lipinski definition) is 1. The molecule has 1 N–H and O–H groups in total. The van der Waals surface area contributed by atoms with Gasteiger partial charge in [-0.05, 0) is 30.2 Å². The van der Waals surface area contributed by atoms with Crippen molar-refractivity contribution < 1.29 is 8.78 Å². The lowest BCUT2D eigenvalue weighted by atomic mass is 10.1. The number of aromatic nitrogens is 1. The molecule has 0 amide bonds. The molecule has 4 heteroatoms. The smallest absolute Gasteiger partial charge is 0.312 e. The van der Waals surface area contributed by atoms with E-state index < -0.39 is 6.55 Å². The fourth-order valence-electron chi connectivity index (χ4n) is 2.07. The highest BCUT2D eigenvalue weighted by Gasteiger charge is 2.11. The Balaban J connectivity index is 2.23. The summed E-state index contributed by atoms with van der Waals surface area (Å²) in [4.78, 5) is 0. The predicted octanol–water partition coefficient (Wildman–Crippen LogP) is 3.78. The Morgan fingerprint density at radius 1 is 1.22 bits per heavy atom. The van der Waals surface area contributed by atoms with Gasteiger partial charge >= 0.3 is 6.55 Å². The lowest BCUT2D eigenvalue weighted by Crippen LogP contribution is -2.19. The highest BCUT2D eigenvalue weighted by atomic mass is 19.3. The van der Waals surface area contributed by atoms with Crippen LogP contribution in [0.2, 0.25) is 0 Å². The largest absolute Gasteiger partial charge is 0.319 e. The van der Waals surface area contributed by atoms with E-state index in [1.165, 1.54) is 6.20 Å². The number of halogens is 2. The number of rotatable bonds is 5. The number of hydrogen-bond acceptors (Lipinski definition) is 1. The molecule has 0 spiro atoms. The number of nitrogens with one attached hydrogen (secondary N) is 1. The summed E-state index contributed by atoms with van der Waals surface area (Å²) in [5, 5.41) is 4.23. The van der Waals surface area contributed by atoms with Crippen LogP contribution in [0.25, 0.3) is 10.9 Å². The van der Waals surface area contributed by atoms with Crippen LogP contribution in [0.5, 0.6) is 0 Å². The molecule has 0 saturated carbocycles. The minimum atomic E-state index is -2.48. The molecule has 0 aliphatic heterocycles. The van der Waals surface area contributed by atoms with Crippen LogP contribution in [-0.4, -0.2) is 11.1 Å². The minimum Gasteiger partial charge on any atom is -0.312 e. The summed E-state index contributed by atoms with van der Waals surface area (Å²) in [5.74, 6) is 0.579. The third-order valence-electron chi connectivity index (χ3n) is 2.93. The standard InChI is InChI=1S/C14H18F2N2/c1-10(2)8-17-9-11-4-3-5-13-12(11)6-7-18(13)14(15)16/h3-7,10,14,17H,8-9H2,1-2H3. The second-order valence-corrected chi connectivity index (χ2v) is 4.88. The fraction of sp³-hybridized carbons (Fsp3) is 0.429. The molecule has 1 aromatic heterocycles. The van der Waals surface area contributed by atoms with Gasteiger partial charge in [0.1, 0.15) is 0 Å². The van der Waals surface area contributed by atoms with Crippen molar-refractivity contribution in [1.82, 2.24) is 9.88 Å². The summed E-state index contributed by atoms with van der Waals surface area (Å²) in [6.45, 7) is 3.43. The first-order valence-corrected chi connectivity index (χ1v) is 6.17. The molecule has 0 aliphatic rings. The van der Waals surface area contributed by atoms with Crippen LogP contribution >= 0.6 is 0 Å². The van der Waals surface area contributed by atoms with Crippen molar-refractivity contribution in [1.29, 1.82) is 0 Å². The van der Waals surface area contributed by atoms with Crippen LogP contribution in [0, 0.1) is 5.92 Å². The Kier molecular flexibility index (Phi) is 3.97. The highest BCUT2D eigenvalue weighted by molar-refractivity contribution is 5.83. The van der Waals surface area contributed by atoms with Gasteiger partial charge in [0.25, 0.3) is 0 Å². The van der Waals surface area contributed by atoms with E-state index in [2.05, 4.69) is 19.2 Å². The molecule has 98 valence electrons. The summed E-state index contributed by atoms with van der Waals surface area (Å²) >= 11 is 0. The molecule has 0 atom stereocenters. The van der Waals surface area contributed by atoms with E-state index in [1.54, 1.807) is 12.1 Å². The zero-order valence-electron chi connectivity index (χ0n) is 10.7. The van der Waals surface area contributed by atoms with Gasteiger partial charge in [0.15, 0.2) is 0 Å². The molecule has 0 fully saturated rings. The topological polar surface area (TPSA) is 17.0 Å². The average Bonchev–Trinajstić information content (AvgIpc) is 2.73. The third kappa shape index (κ3) is 2.70. The quantitative estimate of drug-likeness (QED) is 0.856. The van der Waals surface area contributed by atoms with Crippen molar-refractivity contribution in [2.45, 2.75) is 26.9 Å². The van der Waals surface area contributed by atoms with E-state index >= 15 is 0 Å². The second kappa shape index (κ2) is 5.48. The van der Waals surface area contributed by atoms with E-state index in [0.717, 1.165) is 22.1 Å². The minimum absolute atomic E-state index is 0.579. The molecule has 18 heavy (non-hydrogen) atoms. The van der Waals surface area contributed by atoms with E-state index in [9.17, 15) is 8.78 Å². The number of fused-ring (bicyclic) bond motifs is 1. The van der Waals surface area contributed by atoms with Crippen molar-refractivity contribution in [2.24, 2.45) is 5.92 Å². The molecule has 2 nitrogen and oxygen atoms in total. The molecule has 0 bridgehead atoms. The summed E-state index contributed by atoms with van der Waals surface area (Å²) in [6.07, 6.45) is 1.45. The maximum absolute atomic E-state index is 12.8. The normalized spacial score (nSPS) is 11.9.